The van der Waals surface area contributed by atoms with Gasteiger partial charge in [-0.15, -0.1) is 0 Å². The maximum Gasteiger partial charge on any atom is 0.315 e. The van der Waals surface area contributed by atoms with Crippen molar-refractivity contribution in [2.45, 2.75) is 0 Å². The van der Waals surface area contributed by atoms with E-state index in [1.54, 1.807) is 0 Å². The van der Waals surface area contributed by atoms with Crippen molar-refractivity contribution in [3.8, 4) is 0 Å². The Balaban J connectivity index is 7.79. The zero-order valence-electron chi connectivity index (χ0n) is 15.8. The summed E-state index contributed by atoms with van der Waals surface area (Å²) in [5.41, 5.74) is -19.5. The van der Waals surface area contributed by atoms with E-state index in [1.165, 1.54) is 0 Å². The maximum atomic E-state index is 14.3. The van der Waals surface area contributed by atoms with Crippen molar-refractivity contribution in [3.63, 3.8) is 0 Å². The average molecular weight is 468 g/mol. The normalized spacial score (nSPS) is 14.2. The molecule has 1 N–H and O–H groups in total. The fraction of sp³-hybridized carbons (Fsp3) is 0.941. The molecule has 0 aliphatic rings. The molecule has 0 spiro atoms. The molecule has 2 nitrogen and oxygen atoms in total. The smallest absolute Gasteiger partial charge is 0.315 e. The molecule has 0 aromatic carbocycles. The molecular formula is C17H23F11O2. The summed E-state index contributed by atoms with van der Waals surface area (Å²) in [5, 5.41) is 9.29. The molecular weight excluding hydrogens is 445 g/mol. The summed E-state index contributed by atoms with van der Waals surface area (Å²) in [6, 6.07) is 0. The number of hydrogen-bond acceptors (Lipinski definition) is 1. The number of carbonyl (C=O) groups is 1. The predicted octanol–water partition coefficient (Wildman–Crippen LogP) is 4.67. The Labute approximate surface area is 165 Å². The summed E-state index contributed by atoms with van der Waals surface area (Å²) < 4.78 is 154. The van der Waals surface area contributed by atoms with Crippen LogP contribution in [0.1, 0.15) is 0 Å². The van der Waals surface area contributed by atoms with Crippen molar-refractivity contribution < 1.29 is 58.2 Å². The van der Waals surface area contributed by atoms with Crippen LogP contribution in [-0.2, 0) is 4.79 Å². The minimum absolute atomic E-state index is 2.32. The van der Waals surface area contributed by atoms with Crippen molar-refractivity contribution in [1.29, 1.82) is 0 Å². The van der Waals surface area contributed by atoms with E-state index >= 15 is 0 Å². The van der Waals surface area contributed by atoms with Gasteiger partial charge in [-0.1, -0.05) is 0 Å². The van der Waals surface area contributed by atoms with E-state index in [4.69, 9.17) is 0 Å². The summed E-state index contributed by atoms with van der Waals surface area (Å²) in [7, 11) is 0. The molecule has 0 heterocycles. The highest BCUT2D eigenvalue weighted by atomic mass is 19.2. The quantitative estimate of drug-likeness (QED) is 0.335. The molecule has 0 fully saturated rings. The third-order valence-electron chi connectivity index (χ3n) is 6.77. The highest BCUT2D eigenvalue weighted by molar-refractivity contribution is 5.77. The number of carboxylic acids is 1. The first-order chi connectivity index (χ1) is 14.1. The molecule has 0 aromatic rings. The van der Waals surface area contributed by atoms with Crippen molar-refractivity contribution in [2.75, 3.05) is 73.4 Å². The molecule has 0 saturated heterocycles. The largest absolute Gasteiger partial charge is 0.481 e. The van der Waals surface area contributed by atoms with E-state index in [0.29, 0.717) is 0 Å². The summed E-state index contributed by atoms with van der Waals surface area (Å²) in [5.74, 6) is -2.66. The lowest BCUT2D eigenvalue weighted by Crippen LogP contribution is -2.74. The Morgan fingerprint density at radius 1 is 0.467 bits per heavy atom. The molecule has 0 radical (unpaired) electrons. The molecule has 0 aliphatic heterocycles. The number of carboxylic acid groups (broad SMARTS) is 1. The van der Waals surface area contributed by atoms with Gasteiger partial charge in [-0.2, -0.15) is 0 Å². The van der Waals surface area contributed by atoms with Gasteiger partial charge in [0.05, 0.1) is 61.7 Å². The molecule has 0 unspecified atom stereocenters. The summed E-state index contributed by atoms with van der Waals surface area (Å²) in [6.45, 7) is -27.4. The van der Waals surface area contributed by atoms with E-state index in [-0.39, 0.29) is 0 Å². The van der Waals surface area contributed by atoms with Crippen LogP contribution in [0.15, 0.2) is 0 Å². The zero-order valence-corrected chi connectivity index (χ0v) is 15.8. The first kappa shape index (κ1) is 28.7. The summed E-state index contributed by atoms with van der Waals surface area (Å²) >= 11 is 0. The predicted molar refractivity (Wildman–Crippen MR) is 85.5 cm³/mol. The van der Waals surface area contributed by atoms with Crippen LogP contribution in [0.2, 0.25) is 0 Å². The van der Waals surface area contributed by atoms with Crippen LogP contribution in [-0.4, -0.2) is 84.5 Å². The van der Waals surface area contributed by atoms with Crippen molar-refractivity contribution in [2.24, 2.45) is 27.1 Å². The number of aliphatic carboxylic acids is 1. The van der Waals surface area contributed by atoms with Gasteiger partial charge in [0, 0.05) is 0 Å². The lowest BCUT2D eigenvalue weighted by atomic mass is 9.40. The van der Waals surface area contributed by atoms with Gasteiger partial charge >= 0.3 is 5.97 Å². The third kappa shape index (κ3) is 3.25. The Hall–Kier alpha value is -1.30. The molecule has 180 valence electrons. The van der Waals surface area contributed by atoms with Gasteiger partial charge in [0.25, 0.3) is 0 Å². The topological polar surface area (TPSA) is 37.3 Å². The number of alkyl halides is 11. The standard InChI is InChI=1S/C17H23F11O2/c18-1-13(2-19,3-20)15(6-23,7-24)17(10-27,11-28)16(8-25,9-26)14(4-21,5-22)12(29)30/h1-11H2,(H,29,30). The van der Waals surface area contributed by atoms with Crippen molar-refractivity contribution in [1.82, 2.24) is 0 Å². The van der Waals surface area contributed by atoms with Crippen molar-refractivity contribution >= 4 is 5.97 Å². The first-order valence-electron chi connectivity index (χ1n) is 8.51. The second kappa shape index (κ2) is 10.8. The summed E-state index contributed by atoms with van der Waals surface area (Å²) in [6.07, 6.45) is 0. The Kier molecular flexibility index (Phi) is 10.4. The molecule has 0 atom stereocenters. The second-order valence-corrected chi connectivity index (χ2v) is 7.38. The van der Waals surface area contributed by atoms with Gasteiger partial charge in [-0.3, -0.25) is 44.3 Å². The highest BCUT2D eigenvalue weighted by Crippen LogP contribution is 2.66. The molecule has 0 saturated carbocycles. The maximum absolute atomic E-state index is 14.3. The number of rotatable bonds is 16. The molecule has 30 heavy (non-hydrogen) atoms. The minimum atomic E-state index is -4.05. The van der Waals surface area contributed by atoms with E-state index in [2.05, 4.69) is 0 Å². The third-order valence-corrected chi connectivity index (χ3v) is 6.77. The van der Waals surface area contributed by atoms with Crippen LogP contribution in [0.5, 0.6) is 0 Å². The van der Waals surface area contributed by atoms with Gasteiger partial charge < -0.3 is 5.11 Å². The fourth-order valence-electron chi connectivity index (χ4n) is 4.19. The molecule has 0 rings (SSSR count). The van der Waals surface area contributed by atoms with E-state index in [0.717, 1.165) is 0 Å². The average Bonchev–Trinajstić information content (AvgIpc) is 2.78. The Bertz CT molecular complexity index is 518. The van der Waals surface area contributed by atoms with Crippen LogP contribution in [0.3, 0.4) is 0 Å². The lowest BCUT2D eigenvalue weighted by Gasteiger charge is -2.62. The second-order valence-electron chi connectivity index (χ2n) is 7.38. The van der Waals surface area contributed by atoms with Crippen molar-refractivity contribution in [3.05, 3.63) is 0 Å². The molecule has 0 aliphatic carbocycles. The van der Waals surface area contributed by atoms with E-state index in [1.807, 2.05) is 0 Å². The monoisotopic (exact) mass is 468 g/mol. The van der Waals surface area contributed by atoms with Crippen LogP contribution < -0.4 is 0 Å². The lowest BCUT2D eigenvalue weighted by molar-refractivity contribution is -0.259. The van der Waals surface area contributed by atoms with Gasteiger partial charge in [-0.05, 0) is 0 Å². The molecule has 0 aromatic heterocycles. The van der Waals surface area contributed by atoms with Gasteiger partial charge in [0.15, 0.2) is 0 Å². The zero-order chi connectivity index (χ0) is 23.9. The SMILES string of the molecule is O=C(O)C(CF)(CF)C(CF)(CF)C(CF)(CF)C(CF)(CF)C(CF)(CF)CF. The number of halogens is 11. The minimum Gasteiger partial charge on any atom is -0.481 e. The van der Waals surface area contributed by atoms with E-state index in [9.17, 15) is 58.2 Å². The van der Waals surface area contributed by atoms with Gasteiger partial charge in [0.2, 0.25) is 0 Å². The van der Waals surface area contributed by atoms with Crippen LogP contribution in [0.4, 0.5) is 48.3 Å². The van der Waals surface area contributed by atoms with Crippen LogP contribution in [0, 0.1) is 27.1 Å². The van der Waals surface area contributed by atoms with Crippen LogP contribution in [0.25, 0.3) is 0 Å². The molecule has 13 heteroatoms. The van der Waals surface area contributed by atoms with Crippen LogP contribution >= 0.6 is 0 Å². The molecule has 0 bridgehead atoms. The van der Waals surface area contributed by atoms with E-state index < -0.39 is 106 Å². The number of hydrogen-bond donors (Lipinski definition) is 1. The first-order valence-corrected chi connectivity index (χ1v) is 8.51. The van der Waals surface area contributed by atoms with Gasteiger partial charge in [0.1, 0.15) is 38.8 Å². The fourth-order valence-corrected chi connectivity index (χ4v) is 4.19. The molecule has 0 amide bonds. The van der Waals surface area contributed by atoms with Gasteiger partial charge in [-0.25, -0.2) is 8.78 Å². The Morgan fingerprint density at radius 3 is 0.933 bits per heavy atom. The highest BCUT2D eigenvalue weighted by Gasteiger charge is 2.77. The Morgan fingerprint density at radius 2 is 0.767 bits per heavy atom. The summed E-state index contributed by atoms with van der Waals surface area (Å²) in [4.78, 5) is 11.6.